The molecule has 4 aromatic heterocycles. The second-order valence-corrected chi connectivity index (χ2v) is 13.6. The van der Waals surface area contributed by atoms with Crippen LogP contribution in [0.1, 0.15) is 0 Å². The molecule has 0 atom stereocenters. The van der Waals surface area contributed by atoms with Crippen LogP contribution in [0, 0.1) is 0 Å². The van der Waals surface area contributed by atoms with Gasteiger partial charge >= 0.3 is 0 Å². The molecule has 0 aliphatic carbocycles. The van der Waals surface area contributed by atoms with Crippen LogP contribution in [-0.2, 0) is 0 Å². The van der Waals surface area contributed by atoms with E-state index in [1.54, 1.807) is 0 Å². The van der Waals surface area contributed by atoms with Crippen molar-refractivity contribution < 1.29 is 0 Å². The van der Waals surface area contributed by atoms with Crippen molar-refractivity contribution in [1.29, 1.82) is 0 Å². The fourth-order valence-corrected chi connectivity index (χ4v) is 8.28. The molecule has 0 N–H and O–H groups in total. The normalized spacial score (nSPS) is 11.8. The topological polar surface area (TPSA) is 43.6 Å². The van der Waals surface area contributed by atoms with Gasteiger partial charge in [0.1, 0.15) is 11.5 Å². The Bertz CT molecular complexity index is 3160. The maximum Gasteiger partial charge on any atom is 0.146 e. The summed E-state index contributed by atoms with van der Waals surface area (Å²) in [6.07, 6.45) is 3.70. The first-order valence-electron chi connectivity index (χ1n) is 17.9. The van der Waals surface area contributed by atoms with E-state index in [1.165, 1.54) is 54.9 Å². The highest BCUT2D eigenvalue weighted by molar-refractivity contribution is 6.22. The van der Waals surface area contributed by atoms with Gasteiger partial charge < -0.3 is 0 Å². The number of rotatable bonds is 4. The van der Waals surface area contributed by atoms with E-state index in [-0.39, 0.29) is 0 Å². The monoisotopic (exact) mass is 674 g/mol. The molecule has 0 unspecified atom stereocenters. The van der Waals surface area contributed by atoms with Crippen molar-refractivity contribution in [2.75, 3.05) is 0 Å². The summed E-state index contributed by atoms with van der Waals surface area (Å²) < 4.78 is 2.19. The molecule has 4 heterocycles. The molecule has 53 heavy (non-hydrogen) atoms. The van der Waals surface area contributed by atoms with Gasteiger partial charge in [0.05, 0.1) is 16.6 Å². The summed E-state index contributed by atoms with van der Waals surface area (Å²) in [4.78, 5) is 14.9. The molecule has 0 fully saturated rings. The number of benzene rings is 7. The number of hydrogen-bond acceptors (Lipinski definition) is 3. The van der Waals surface area contributed by atoms with Gasteiger partial charge in [-0.05, 0) is 97.4 Å². The summed E-state index contributed by atoms with van der Waals surface area (Å²) in [6, 6.07) is 60.8. The summed E-state index contributed by atoms with van der Waals surface area (Å²) in [5.41, 5.74) is 11.0. The van der Waals surface area contributed by atoms with Gasteiger partial charge in [-0.25, -0.2) is 9.97 Å². The van der Waals surface area contributed by atoms with Gasteiger partial charge in [-0.1, -0.05) is 127 Å². The van der Waals surface area contributed by atoms with E-state index in [2.05, 4.69) is 162 Å². The predicted molar refractivity (Wildman–Crippen MR) is 220 cm³/mol. The fraction of sp³-hybridized carbons (Fsp3) is 0. The van der Waals surface area contributed by atoms with Crippen LogP contribution >= 0.6 is 0 Å². The Kier molecular flexibility index (Phi) is 6.52. The lowest BCUT2D eigenvalue weighted by atomic mass is 9.85. The van der Waals surface area contributed by atoms with E-state index in [4.69, 9.17) is 15.0 Å². The smallest absolute Gasteiger partial charge is 0.146 e. The van der Waals surface area contributed by atoms with Crippen LogP contribution in [0.5, 0.6) is 0 Å². The lowest BCUT2D eigenvalue weighted by Crippen LogP contribution is -1.99. The molecule has 11 rings (SSSR count). The third-order valence-corrected chi connectivity index (χ3v) is 10.7. The Balaban J connectivity index is 1.13. The molecule has 0 aliphatic heterocycles. The average molecular weight is 675 g/mol. The third-order valence-electron chi connectivity index (χ3n) is 10.7. The van der Waals surface area contributed by atoms with Crippen molar-refractivity contribution in [2.45, 2.75) is 0 Å². The van der Waals surface area contributed by atoms with Crippen LogP contribution in [-0.4, -0.2) is 19.5 Å². The van der Waals surface area contributed by atoms with E-state index in [0.717, 1.165) is 49.6 Å². The quantitative estimate of drug-likeness (QED) is 0.138. The molecule has 246 valence electrons. The van der Waals surface area contributed by atoms with Crippen LogP contribution in [0.2, 0.25) is 0 Å². The van der Waals surface area contributed by atoms with Gasteiger partial charge in [-0.3, -0.25) is 9.55 Å². The van der Waals surface area contributed by atoms with Crippen molar-refractivity contribution in [3.63, 3.8) is 0 Å². The molecule has 0 saturated heterocycles. The van der Waals surface area contributed by atoms with E-state index in [0.29, 0.717) is 0 Å². The second-order valence-electron chi connectivity index (χ2n) is 13.6. The number of pyridine rings is 3. The minimum Gasteiger partial charge on any atom is -0.278 e. The largest absolute Gasteiger partial charge is 0.278 e. The Morgan fingerprint density at radius 1 is 0.358 bits per heavy atom. The highest BCUT2D eigenvalue weighted by Gasteiger charge is 2.20. The third kappa shape index (κ3) is 4.59. The van der Waals surface area contributed by atoms with E-state index in [1.807, 2.05) is 24.5 Å². The Morgan fingerprint density at radius 2 is 0.906 bits per heavy atom. The Labute approximate surface area is 305 Å². The van der Waals surface area contributed by atoms with E-state index < -0.39 is 0 Å². The molecule has 7 aromatic carbocycles. The van der Waals surface area contributed by atoms with Gasteiger partial charge in [0, 0.05) is 33.9 Å². The molecule has 0 saturated carbocycles. The minimum atomic E-state index is 0.820. The van der Waals surface area contributed by atoms with E-state index in [9.17, 15) is 0 Å². The van der Waals surface area contributed by atoms with Crippen molar-refractivity contribution in [1.82, 2.24) is 19.5 Å². The van der Waals surface area contributed by atoms with Gasteiger partial charge in [0.25, 0.3) is 0 Å². The van der Waals surface area contributed by atoms with Crippen LogP contribution in [0.4, 0.5) is 0 Å². The van der Waals surface area contributed by atoms with Crippen molar-refractivity contribution >= 4 is 65.3 Å². The average Bonchev–Trinajstić information content (AvgIpc) is 3.56. The summed E-state index contributed by atoms with van der Waals surface area (Å²) in [5.74, 6) is 0.820. The summed E-state index contributed by atoms with van der Waals surface area (Å²) in [6.45, 7) is 0. The van der Waals surface area contributed by atoms with Gasteiger partial charge in [0.2, 0.25) is 0 Å². The minimum absolute atomic E-state index is 0.820. The number of aromatic nitrogens is 4. The molecular formula is C49H30N4. The van der Waals surface area contributed by atoms with E-state index >= 15 is 0 Å². The van der Waals surface area contributed by atoms with Crippen LogP contribution in [0.3, 0.4) is 0 Å². The van der Waals surface area contributed by atoms with Crippen LogP contribution < -0.4 is 0 Å². The summed E-state index contributed by atoms with van der Waals surface area (Å²) in [7, 11) is 0. The molecule has 4 heteroatoms. The molecule has 4 nitrogen and oxygen atoms in total. The first kappa shape index (κ1) is 29.5. The van der Waals surface area contributed by atoms with Crippen LogP contribution in [0.15, 0.2) is 182 Å². The molecule has 0 bridgehead atoms. The van der Waals surface area contributed by atoms with Gasteiger partial charge in [-0.2, -0.15) is 0 Å². The van der Waals surface area contributed by atoms with Crippen molar-refractivity contribution in [3.05, 3.63) is 182 Å². The SMILES string of the molecule is c1ccc(-c2ccc(-c3c4ccccc4c(-c4ccc5c(c4)c4cccnc4n5-c4ccc5ccc6cccnc6c5n4)c4ccccc34)cc2)cc1. The molecule has 11 aromatic rings. The molecule has 0 aliphatic rings. The lowest BCUT2D eigenvalue weighted by molar-refractivity contribution is 1.07. The molecule has 0 amide bonds. The summed E-state index contributed by atoms with van der Waals surface area (Å²) in [5, 5.41) is 9.28. The maximum absolute atomic E-state index is 5.23. The molecule has 0 radical (unpaired) electrons. The zero-order chi connectivity index (χ0) is 34.9. The number of hydrogen-bond donors (Lipinski definition) is 0. The second kappa shape index (κ2) is 11.7. The zero-order valence-electron chi connectivity index (χ0n) is 28.6. The van der Waals surface area contributed by atoms with Crippen molar-refractivity contribution in [2.24, 2.45) is 0 Å². The summed E-state index contributed by atoms with van der Waals surface area (Å²) >= 11 is 0. The highest BCUT2D eigenvalue weighted by Crippen LogP contribution is 2.45. The number of fused-ring (bicyclic) bond motifs is 8. The Hall–Kier alpha value is -7.17. The first-order valence-corrected chi connectivity index (χ1v) is 17.9. The first-order chi connectivity index (χ1) is 26.3. The molecular weight excluding hydrogens is 645 g/mol. The fourth-order valence-electron chi connectivity index (χ4n) is 8.28. The lowest BCUT2D eigenvalue weighted by Gasteiger charge is -2.18. The molecule has 0 spiro atoms. The predicted octanol–water partition coefficient (Wildman–Crippen LogP) is 12.6. The van der Waals surface area contributed by atoms with Crippen LogP contribution in [0.25, 0.3) is 104 Å². The Morgan fingerprint density at radius 3 is 1.64 bits per heavy atom. The van der Waals surface area contributed by atoms with Gasteiger partial charge in [0.15, 0.2) is 0 Å². The highest BCUT2D eigenvalue weighted by atomic mass is 15.1. The zero-order valence-corrected chi connectivity index (χ0v) is 28.6. The number of nitrogens with zero attached hydrogens (tertiary/aromatic N) is 4. The van der Waals surface area contributed by atoms with Gasteiger partial charge in [-0.15, -0.1) is 0 Å². The standard InChI is InChI=1S/C49H30N4/c1-2-10-31(11-3-1)32-18-20-33(21-19-32)45-37-13-4-6-15-39(37)46(40-16-7-5-14-38(40)45)36-24-26-43-42(30-36)41-17-9-29-51-49(41)53(43)44-27-25-35-23-22-34-12-8-28-50-47(34)48(35)52-44/h1-30H. The maximum atomic E-state index is 5.23. The van der Waals surface area contributed by atoms with Crippen molar-refractivity contribution in [3.8, 4) is 39.2 Å².